The van der Waals surface area contributed by atoms with Gasteiger partial charge in [0, 0.05) is 44.7 Å². The van der Waals surface area contributed by atoms with Gasteiger partial charge in [0.2, 0.25) is 11.8 Å². The summed E-state index contributed by atoms with van der Waals surface area (Å²) in [5.41, 5.74) is 0. The summed E-state index contributed by atoms with van der Waals surface area (Å²) in [4.78, 5) is 24.4. The molecule has 156 valence electrons. The molecule has 1 aromatic heterocycles. The Morgan fingerprint density at radius 3 is 2.50 bits per heavy atom. The number of likely N-dealkylation sites (tertiary alicyclic amines) is 3. The maximum absolute atomic E-state index is 12.8. The average molecular weight is 390 g/mol. The molecule has 1 atom stereocenters. The molecule has 3 saturated heterocycles. The van der Waals surface area contributed by atoms with Crippen LogP contribution in [0, 0.1) is 5.92 Å². The molecule has 0 radical (unpaired) electrons. The predicted octanol–water partition coefficient (Wildman–Crippen LogP) is 2.49. The van der Waals surface area contributed by atoms with Crippen molar-refractivity contribution in [3.05, 3.63) is 11.7 Å². The van der Waals surface area contributed by atoms with Crippen molar-refractivity contribution in [2.24, 2.45) is 5.92 Å². The van der Waals surface area contributed by atoms with E-state index < -0.39 is 0 Å². The number of carbonyl (C=O) groups excluding carboxylic acids is 1. The number of hydrogen-bond donors (Lipinski definition) is 0. The van der Waals surface area contributed by atoms with Crippen molar-refractivity contribution in [1.29, 1.82) is 0 Å². The van der Waals surface area contributed by atoms with Crippen LogP contribution in [0.2, 0.25) is 0 Å². The zero-order valence-electron chi connectivity index (χ0n) is 17.5. The summed E-state index contributed by atoms with van der Waals surface area (Å²) in [6, 6.07) is 0.610. The molecular formula is C21H35N5O2. The molecule has 7 heteroatoms. The number of hydrogen-bond acceptors (Lipinski definition) is 6. The average Bonchev–Trinajstić information content (AvgIpc) is 3.40. The van der Waals surface area contributed by atoms with Crippen molar-refractivity contribution in [2.75, 3.05) is 39.3 Å². The SMILES string of the molecule is CC(C)c1noc(CN2CCC(N3CCC[C@@H](C(=O)N4CCCC4)C3)CC2)n1. The van der Waals surface area contributed by atoms with Crippen LogP contribution in [0.3, 0.4) is 0 Å². The summed E-state index contributed by atoms with van der Waals surface area (Å²) in [6.07, 6.45) is 6.91. The van der Waals surface area contributed by atoms with Gasteiger partial charge in [-0.2, -0.15) is 4.98 Å². The van der Waals surface area contributed by atoms with Crippen LogP contribution in [0.4, 0.5) is 0 Å². The second kappa shape index (κ2) is 8.91. The zero-order valence-corrected chi connectivity index (χ0v) is 17.5. The van der Waals surface area contributed by atoms with Gasteiger partial charge >= 0.3 is 0 Å². The molecule has 1 amide bonds. The minimum absolute atomic E-state index is 0.220. The minimum atomic E-state index is 0.220. The highest BCUT2D eigenvalue weighted by molar-refractivity contribution is 5.79. The van der Waals surface area contributed by atoms with Crippen molar-refractivity contribution < 1.29 is 9.32 Å². The summed E-state index contributed by atoms with van der Waals surface area (Å²) in [7, 11) is 0. The number of aromatic nitrogens is 2. The summed E-state index contributed by atoms with van der Waals surface area (Å²) in [5.74, 6) is 2.47. The van der Waals surface area contributed by atoms with Gasteiger partial charge in [0.15, 0.2) is 5.82 Å². The first-order chi connectivity index (χ1) is 13.6. The van der Waals surface area contributed by atoms with E-state index in [1.807, 2.05) is 0 Å². The van der Waals surface area contributed by atoms with E-state index in [-0.39, 0.29) is 5.92 Å². The van der Waals surface area contributed by atoms with E-state index >= 15 is 0 Å². The highest BCUT2D eigenvalue weighted by atomic mass is 16.5. The maximum Gasteiger partial charge on any atom is 0.240 e. The Balaban J connectivity index is 1.25. The van der Waals surface area contributed by atoms with E-state index in [9.17, 15) is 4.79 Å². The van der Waals surface area contributed by atoms with Gasteiger partial charge in [-0.15, -0.1) is 0 Å². The minimum Gasteiger partial charge on any atom is -0.342 e. The molecule has 4 heterocycles. The first kappa shape index (κ1) is 19.8. The lowest BCUT2D eigenvalue weighted by Crippen LogP contribution is -2.51. The van der Waals surface area contributed by atoms with Crippen LogP contribution in [0.1, 0.15) is 70.0 Å². The maximum atomic E-state index is 12.8. The fourth-order valence-corrected chi connectivity index (χ4v) is 4.94. The van der Waals surface area contributed by atoms with Gasteiger partial charge in [0.05, 0.1) is 12.5 Å². The van der Waals surface area contributed by atoms with Crippen LogP contribution in [0.25, 0.3) is 0 Å². The van der Waals surface area contributed by atoms with E-state index in [0.29, 0.717) is 17.9 Å². The lowest BCUT2D eigenvalue weighted by Gasteiger charge is -2.42. The first-order valence-electron chi connectivity index (χ1n) is 11.2. The van der Waals surface area contributed by atoms with Crippen LogP contribution in [-0.4, -0.2) is 76.1 Å². The first-order valence-corrected chi connectivity index (χ1v) is 11.2. The Hall–Kier alpha value is -1.47. The van der Waals surface area contributed by atoms with Gasteiger partial charge in [-0.1, -0.05) is 19.0 Å². The molecule has 0 spiro atoms. The fraction of sp³-hybridized carbons (Fsp3) is 0.857. The zero-order chi connectivity index (χ0) is 19.5. The largest absolute Gasteiger partial charge is 0.342 e. The highest BCUT2D eigenvalue weighted by Crippen LogP contribution is 2.26. The summed E-state index contributed by atoms with van der Waals surface area (Å²) >= 11 is 0. The molecule has 1 aromatic rings. The third-order valence-electron chi connectivity index (χ3n) is 6.65. The summed E-state index contributed by atoms with van der Waals surface area (Å²) in [5, 5.41) is 4.07. The van der Waals surface area contributed by atoms with Crippen LogP contribution >= 0.6 is 0 Å². The van der Waals surface area contributed by atoms with E-state index in [1.165, 1.54) is 12.8 Å². The van der Waals surface area contributed by atoms with E-state index in [2.05, 4.69) is 38.7 Å². The number of piperidine rings is 2. The Morgan fingerprint density at radius 1 is 1.07 bits per heavy atom. The van der Waals surface area contributed by atoms with Crippen LogP contribution in [0.15, 0.2) is 4.52 Å². The van der Waals surface area contributed by atoms with Gasteiger partial charge < -0.3 is 9.42 Å². The number of rotatable bonds is 5. The number of amides is 1. The smallest absolute Gasteiger partial charge is 0.240 e. The number of carbonyl (C=O) groups is 1. The lowest BCUT2D eigenvalue weighted by molar-refractivity contribution is -0.136. The van der Waals surface area contributed by atoms with Gasteiger partial charge in [0.1, 0.15) is 0 Å². The van der Waals surface area contributed by atoms with Crippen molar-refractivity contribution in [3.63, 3.8) is 0 Å². The normalized spacial score (nSPS) is 25.7. The molecule has 0 aromatic carbocycles. The predicted molar refractivity (Wildman–Crippen MR) is 107 cm³/mol. The van der Waals surface area contributed by atoms with Crippen LogP contribution in [-0.2, 0) is 11.3 Å². The van der Waals surface area contributed by atoms with Crippen molar-refractivity contribution >= 4 is 5.91 Å². The molecule has 0 aliphatic carbocycles. The van der Waals surface area contributed by atoms with Crippen molar-refractivity contribution in [1.82, 2.24) is 24.8 Å². The Bertz CT molecular complexity index is 647. The van der Waals surface area contributed by atoms with E-state index in [0.717, 1.165) is 83.2 Å². The molecule has 7 nitrogen and oxygen atoms in total. The molecular weight excluding hydrogens is 354 g/mol. The lowest BCUT2D eigenvalue weighted by atomic mass is 9.93. The highest BCUT2D eigenvalue weighted by Gasteiger charge is 2.34. The van der Waals surface area contributed by atoms with Crippen LogP contribution in [0.5, 0.6) is 0 Å². The van der Waals surface area contributed by atoms with Gasteiger partial charge in [-0.25, -0.2) is 0 Å². The Kier molecular flexibility index (Phi) is 6.31. The molecule has 28 heavy (non-hydrogen) atoms. The standard InChI is InChI=1S/C21H35N5O2/c1-16(2)20-22-19(28-23-20)15-24-12-7-18(8-13-24)26-11-5-6-17(14-26)21(27)25-9-3-4-10-25/h16-18H,3-15H2,1-2H3/t17-/m1/s1. The van der Waals surface area contributed by atoms with Crippen molar-refractivity contribution in [3.8, 4) is 0 Å². The second-order valence-corrected chi connectivity index (χ2v) is 9.07. The molecule has 3 aliphatic rings. The monoisotopic (exact) mass is 389 g/mol. The molecule has 3 aliphatic heterocycles. The van der Waals surface area contributed by atoms with E-state index in [1.54, 1.807) is 0 Å². The summed E-state index contributed by atoms with van der Waals surface area (Å²) in [6.45, 7) is 11.1. The number of nitrogens with zero attached hydrogens (tertiary/aromatic N) is 5. The van der Waals surface area contributed by atoms with Gasteiger partial charge in [-0.3, -0.25) is 14.6 Å². The van der Waals surface area contributed by atoms with Gasteiger partial charge in [-0.05, 0) is 45.1 Å². The van der Waals surface area contributed by atoms with Crippen LogP contribution < -0.4 is 0 Å². The third-order valence-corrected chi connectivity index (χ3v) is 6.65. The molecule has 0 bridgehead atoms. The summed E-state index contributed by atoms with van der Waals surface area (Å²) < 4.78 is 5.41. The molecule has 0 saturated carbocycles. The molecule has 0 N–H and O–H groups in total. The molecule has 3 fully saturated rings. The Morgan fingerprint density at radius 2 is 1.82 bits per heavy atom. The Labute approximate surface area is 168 Å². The second-order valence-electron chi connectivity index (χ2n) is 9.07. The van der Waals surface area contributed by atoms with E-state index in [4.69, 9.17) is 4.52 Å². The fourth-order valence-electron chi connectivity index (χ4n) is 4.94. The molecule has 4 rings (SSSR count). The quantitative estimate of drug-likeness (QED) is 0.771. The molecule has 0 unspecified atom stereocenters. The third kappa shape index (κ3) is 4.57. The van der Waals surface area contributed by atoms with Gasteiger partial charge in [0.25, 0.3) is 0 Å². The van der Waals surface area contributed by atoms with Crippen molar-refractivity contribution in [2.45, 2.75) is 70.9 Å². The topological polar surface area (TPSA) is 65.7 Å².